The minimum absolute atomic E-state index is 0.0278. The maximum Gasteiger partial charge on any atom is 0.503 e. The second-order valence-corrected chi connectivity index (χ2v) is 10.8. The van der Waals surface area contributed by atoms with Gasteiger partial charge in [-0.05, 0) is 53.9 Å². The molecule has 7 heteroatoms. The molecule has 0 spiro atoms. The maximum atomic E-state index is 6.77. The van der Waals surface area contributed by atoms with Crippen molar-refractivity contribution in [2.75, 3.05) is 19.8 Å². The largest absolute Gasteiger partial charge is 0.503 e. The number of ether oxygens (including phenoxy) is 3. The first-order valence-corrected chi connectivity index (χ1v) is 13.5. The topological polar surface area (TPSA) is 55.4 Å². The Bertz CT molecular complexity index is 400. The average Bonchev–Trinajstić information content (AvgIpc) is 2.65. The van der Waals surface area contributed by atoms with E-state index in [1.54, 1.807) is 0 Å². The molecule has 0 fully saturated rings. The molecule has 1 atom stereocenters. The van der Waals surface area contributed by atoms with Crippen molar-refractivity contribution in [3.8, 4) is 0 Å². The summed E-state index contributed by atoms with van der Waals surface area (Å²) in [7, 11) is -3.07. The van der Waals surface area contributed by atoms with E-state index < -0.39 is 20.4 Å². The lowest BCUT2D eigenvalue weighted by Gasteiger charge is -2.49. The monoisotopic (exact) mass is 436 g/mol. The molecule has 0 bridgehead atoms. The van der Waals surface area contributed by atoms with Gasteiger partial charge >= 0.3 is 8.80 Å². The third-order valence-corrected chi connectivity index (χ3v) is 7.66. The fourth-order valence-corrected chi connectivity index (χ4v) is 6.08. The van der Waals surface area contributed by atoms with Crippen LogP contribution in [0, 0.1) is 0 Å². The van der Waals surface area contributed by atoms with Crippen molar-refractivity contribution >= 4 is 8.80 Å². The first-order chi connectivity index (χ1) is 13.6. The van der Waals surface area contributed by atoms with Crippen LogP contribution in [0.25, 0.3) is 0 Å². The fraction of sp³-hybridized carbons (Fsp3) is 1.00. The van der Waals surface area contributed by atoms with E-state index >= 15 is 0 Å². The van der Waals surface area contributed by atoms with Crippen LogP contribution < -0.4 is 0 Å². The SMILES string of the molecule is CCCOC(C)(O[Si](CC)(OC(C)C)OC(C)C)C(CC)(OCCC)OCCC. The Labute approximate surface area is 181 Å². The zero-order valence-corrected chi connectivity index (χ0v) is 21.8. The molecule has 6 nitrogen and oxygen atoms in total. The van der Waals surface area contributed by atoms with Gasteiger partial charge in [0.15, 0.2) is 0 Å². The molecular weight excluding hydrogens is 388 g/mol. The Hall–Kier alpha value is -0.0231. The minimum Gasteiger partial charge on any atom is -0.371 e. The van der Waals surface area contributed by atoms with Crippen molar-refractivity contribution in [1.82, 2.24) is 0 Å². The van der Waals surface area contributed by atoms with E-state index in [9.17, 15) is 0 Å². The molecule has 1 unspecified atom stereocenters. The lowest BCUT2D eigenvalue weighted by molar-refractivity contribution is -0.392. The van der Waals surface area contributed by atoms with Crippen molar-refractivity contribution < 1.29 is 27.5 Å². The zero-order chi connectivity index (χ0) is 22.6. The van der Waals surface area contributed by atoms with Crippen LogP contribution >= 0.6 is 0 Å². The number of hydrogen-bond donors (Lipinski definition) is 0. The molecule has 0 heterocycles. The number of rotatable bonds is 18. The molecule has 29 heavy (non-hydrogen) atoms. The molecule has 0 radical (unpaired) electrons. The second-order valence-electron chi connectivity index (χ2n) is 8.07. The van der Waals surface area contributed by atoms with Crippen LogP contribution in [-0.4, -0.2) is 52.4 Å². The predicted octanol–water partition coefficient (Wildman–Crippen LogP) is 5.91. The molecule has 176 valence electrons. The van der Waals surface area contributed by atoms with E-state index in [1.165, 1.54) is 0 Å². The van der Waals surface area contributed by atoms with Crippen LogP contribution in [0.4, 0.5) is 0 Å². The summed E-state index contributed by atoms with van der Waals surface area (Å²) in [6.07, 6.45) is 3.15. The molecule has 0 aromatic rings. The van der Waals surface area contributed by atoms with Crippen molar-refractivity contribution in [2.45, 2.75) is 125 Å². The van der Waals surface area contributed by atoms with Gasteiger partial charge in [0.1, 0.15) is 0 Å². The summed E-state index contributed by atoms with van der Waals surface area (Å²) >= 11 is 0. The van der Waals surface area contributed by atoms with E-state index in [4.69, 9.17) is 27.5 Å². The summed E-state index contributed by atoms with van der Waals surface area (Å²) in [6.45, 7) is 21.9. The molecule has 0 saturated heterocycles. The van der Waals surface area contributed by atoms with Crippen LogP contribution in [0.2, 0.25) is 6.04 Å². The highest BCUT2D eigenvalue weighted by atomic mass is 28.4. The van der Waals surface area contributed by atoms with Crippen LogP contribution in [0.1, 0.15) is 94.9 Å². The molecule has 0 aromatic carbocycles. The molecule has 0 aromatic heterocycles. The van der Waals surface area contributed by atoms with Gasteiger partial charge in [0.2, 0.25) is 11.6 Å². The normalized spacial score (nSPS) is 15.3. The Kier molecular flexibility index (Phi) is 14.1. The number of hydrogen-bond acceptors (Lipinski definition) is 6. The molecule has 0 aliphatic carbocycles. The summed E-state index contributed by atoms with van der Waals surface area (Å²) in [5.41, 5.74) is 0. The molecule has 0 aliphatic heterocycles. The molecule has 0 saturated carbocycles. The predicted molar refractivity (Wildman–Crippen MR) is 120 cm³/mol. The Morgan fingerprint density at radius 3 is 1.41 bits per heavy atom. The van der Waals surface area contributed by atoms with E-state index in [2.05, 4.69) is 20.8 Å². The Balaban J connectivity index is 6.25. The van der Waals surface area contributed by atoms with E-state index in [0.717, 1.165) is 19.3 Å². The van der Waals surface area contributed by atoms with Gasteiger partial charge in [0.25, 0.3) is 0 Å². The first kappa shape index (κ1) is 29.0. The minimum atomic E-state index is -3.07. The highest BCUT2D eigenvalue weighted by Crippen LogP contribution is 2.40. The molecular formula is C22H48O6Si. The Morgan fingerprint density at radius 2 is 1.10 bits per heavy atom. The maximum absolute atomic E-state index is 6.77. The summed E-state index contributed by atoms with van der Waals surface area (Å²) < 4.78 is 38.4. The molecule has 0 N–H and O–H groups in total. The summed E-state index contributed by atoms with van der Waals surface area (Å²) in [4.78, 5) is 0. The van der Waals surface area contributed by atoms with Crippen LogP contribution in [0.3, 0.4) is 0 Å². The van der Waals surface area contributed by atoms with Gasteiger partial charge in [0.05, 0.1) is 0 Å². The third-order valence-electron chi connectivity index (χ3n) is 4.43. The van der Waals surface area contributed by atoms with E-state index in [0.29, 0.717) is 32.3 Å². The molecule has 0 rings (SSSR count). The average molecular weight is 437 g/mol. The van der Waals surface area contributed by atoms with Gasteiger partial charge in [-0.15, -0.1) is 0 Å². The van der Waals surface area contributed by atoms with E-state index in [1.807, 2.05) is 48.5 Å². The van der Waals surface area contributed by atoms with Gasteiger partial charge in [-0.1, -0.05) is 34.6 Å². The van der Waals surface area contributed by atoms with Gasteiger partial charge in [-0.25, -0.2) is 0 Å². The van der Waals surface area contributed by atoms with Crippen LogP contribution in [-0.2, 0) is 27.5 Å². The second kappa shape index (κ2) is 14.1. The smallest absolute Gasteiger partial charge is 0.371 e. The summed E-state index contributed by atoms with van der Waals surface area (Å²) in [6, 6.07) is 0.635. The van der Waals surface area contributed by atoms with Gasteiger partial charge in [-0.3, -0.25) is 0 Å². The standard InChI is InChI=1S/C22H48O6Si/c1-11-16-23-21(10,22(14-4,24-17-12-2)25-18-13-3)28-29(15-5,26-19(6)7)27-20(8)9/h19-20H,11-18H2,1-10H3. The Morgan fingerprint density at radius 1 is 0.690 bits per heavy atom. The van der Waals surface area contributed by atoms with Crippen LogP contribution in [0.15, 0.2) is 0 Å². The third kappa shape index (κ3) is 8.93. The summed E-state index contributed by atoms with van der Waals surface area (Å²) in [5.74, 6) is -2.20. The van der Waals surface area contributed by atoms with Gasteiger partial charge in [0, 0.05) is 44.5 Å². The van der Waals surface area contributed by atoms with Crippen molar-refractivity contribution in [3.05, 3.63) is 0 Å². The van der Waals surface area contributed by atoms with E-state index in [-0.39, 0.29) is 12.2 Å². The van der Waals surface area contributed by atoms with Crippen molar-refractivity contribution in [2.24, 2.45) is 0 Å². The molecule has 0 amide bonds. The quantitative estimate of drug-likeness (QED) is 0.196. The van der Waals surface area contributed by atoms with Crippen molar-refractivity contribution in [1.29, 1.82) is 0 Å². The lowest BCUT2D eigenvalue weighted by atomic mass is 10.0. The zero-order valence-electron chi connectivity index (χ0n) is 20.8. The van der Waals surface area contributed by atoms with Crippen LogP contribution in [0.5, 0.6) is 0 Å². The first-order valence-electron chi connectivity index (χ1n) is 11.6. The van der Waals surface area contributed by atoms with Crippen molar-refractivity contribution in [3.63, 3.8) is 0 Å². The lowest BCUT2D eigenvalue weighted by Crippen LogP contribution is -2.65. The van der Waals surface area contributed by atoms with Gasteiger partial charge < -0.3 is 27.5 Å². The summed E-state index contributed by atoms with van der Waals surface area (Å²) in [5, 5.41) is 0. The molecule has 0 aliphatic rings. The highest BCUT2D eigenvalue weighted by Gasteiger charge is 2.58. The fourth-order valence-electron chi connectivity index (χ4n) is 3.21. The highest BCUT2D eigenvalue weighted by molar-refractivity contribution is 6.60. The van der Waals surface area contributed by atoms with Gasteiger partial charge in [-0.2, -0.15) is 0 Å².